The van der Waals surface area contributed by atoms with Crippen LogP contribution in [0.3, 0.4) is 0 Å². The van der Waals surface area contributed by atoms with Crippen LogP contribution in [0.5, 0.6) is 0 Å². The Kier molecular flexibility index (Phi) is 1.86. The lowest BCUT2D eigenvalue weighted by Crippen LogP contribution is -2.15. The van der Waals surface area contributed by atoms with Gasteiger partial charge in [-0.3, -0.25) is 15.2 Å². The Morgan fingerprint density at radius 3 is 2.90 bits per heavy atom. The molecule has 1 rings (SSSR count). The van der Waals surface area contributed by atoms with Crippen LogP contribution in [-0.4, -0.2) is 15.0 Å². The second kappa shape index (κ2) is 2.66. The number of nitrogens with zero attached hydrogens (tertiary/aromatic N) is 1. The lowest BCUT2D eigenvalue weighted by atomic mass is 10.6. The first kappa shape index (κ1) is 7.01. The molecular formula is C5H8N4S. The summed E-state index contributed by atoms with van der Waals surface area (Å²) < 4.78 is 1.98. The summed E-state index contributed by atoms with van der Waals surface area (Å²) in [5.74, 6) is 0. The van der Waals surface area contributed by atoms with Crippen LogP contribution in [0, 0.1) is 10.0 Å². The second-order valence-electron chi connectivity index (χ2n) is 1.81. The van der Waals surface area contributed by atoms with Gasteiger partial charge in [-0.15, -0.1) is 6.58 Å². The minimum Gasteiger partial charge on any atom is -0.281 e. The van der Waals surface area contributed by atoms with E-state index in [1.807, 2.05) is 0 Å². The standard InChI is InChI=1S/C5H8N4S/c1-2-3-9-4(6)5(10)7-8-9/h2,6,8H,1,3H2,(H,7,10). The fourth-order valence-corrected chi connectivity index (χ4v) is 0.778. The third-order valence-electron chi connectivity index (χ3n) is 1.10. The van der Waals surface area contributed by atoms with E-state index in [1.165, 1.54) is 0 Å². The molecule has 1 aromatic rings. The molecule has 0 saturated carbocycles. The number of hydrogen-bond donors (Lipinski definition) is 3. The predicted octanol–water partition coefficient (Wildman–Crippen LogP) is 0.539. The van der Waals surface area contributed by atoms with Crippen LogP contribution < -0.4 is 5.49 Å². The van der Waals surface area contributed by atoms with E-state index in [1.54, 1.807) is 10.8 Å². The number of nitrogens with one attached hydrogen (secondary N) is 3. The summed E-state index contributed by atoms with van der Waals surface area (Å²) in [7, 11) is 0. The molecule has 0 amide bonds. The molecule has 0 radical (unpaired) electrons. The topological polar surface area (TPSA) is 60.4 Å². The van der Waals surface area contributed by atoms with Crippen molar-refractivity contribution in [3.05, 3.63) is 22.8 Å². The molecule has 0 saturated heterocycles. The normalized spacial score (nSPS) is 9.60. The zero-order valence-electron chi connectivity index (χ0n) is 5.35. The molecule has 10 heavy (non-hydrogen) atoms. The Bertz CT molecular complexity index is 328. The summed E-state index contributed by atoms with van der Waals surface area (Å²) in [5.41, 5.74) is 0.287. The lowest BCUT2D eigenvalue weighted by Gasteiger charge is -1.91. The molecule has 0 unspecified atom stereocenters. The van der Waals surface area contributed by atoms with Gasteiger partial charge in [0.15, 0.2) is 10.1 Å². The van der Waals surface area contributed by atoms with Crippen molar-refractivity contribution in [1.82, 2.24) is 15.0 Å². The predicted molar refractivity (Wildman–Crippen MR) is 40.0 cm³/mol. The van der Waals surface area contributed by atoms with Gasteiger partial charge in [-0.25, -0.2) is 5.21 Å². The number of hydrogen-bond acceptors (Lipinski definition) is 2. The fourth-order valence-electron chi connectivity index (χ4n) is 0.622. The van der Waals surface area contributed by atoms with Crippen LogP contribution in [-0.2, 0) is 6.54 Å². The first-order valence-corrected chi connectivity index (χ1v) is 3.19. The second-order valence-corrected chi connectivity index (χ2v) is 2.22. The van der Waals surface area contributed by atoms with Gasteiger partial charge in [-0.05, 0) is 0 Å². The molecule has 0 aliphatic heterocycles. The summed E-state index contributed by atoms with van der Waals surface area (Å²) in [5, 5.41) is 12.7. The van der Waals surface area contributed by atoms with E-state index < -0.39 is 0 Å². The van der Waals surface area contributed by atoms with E-state index in [-0.39, 0.29) is 5.49 Å². The maximum absolute atomic E-state index is 7.33. The van der Waals surface area contributed by atoms with E-state index in [9.17, 15) is 0 Å². The Balaban J connectivity index is 3.18. The molecule has 4 nitrogen and oxygen atoms in total. The van der Waals surface area contributed by atoms with Crippen molar-refractivity contribution in [2.75, 3.05) is 0 Å². The summed E-state index contributed by atoms with van der Waals surface area (Å²) in [6, 6.07) is 0. The summed E-state index contributed by atoms with van der Waals surface area (Å²) >= 11 is 4.76. The van der Waals surface area contributed by atoms with Crippen LogP contribution in [0.15, 0.2) is 12.7 Å². The first-order chi connectivity index (χ1) is 4.75. The van der Waals surface area contributed by atoms with E-state index in [0.29, 0.717) is 11.2 Å². The van der Waals surface area contributed by atoms with Crippen molar-refractivity contribution in [2.45, 2.75) is 6.54 Å². The Labute approximate surface area is 62.7 Å². The van der Waals surface area contributed by atoms with Crippen LogP contribution in [0.4, 0.5) is 0 Å². The molecule has 0 aromatic carbocycles. The molecule has 54 valence electrons. The summed E-state index contributed by atoms with van der Waals surface area (Å²) in [6.07, 6.45) is 1.69. The van der Waals surface area contributed by atoms with Crippen LogP contribution in [0.25, 0.3) is 0 Å². The molecule has 0 atom stereocenters. The smallest absolute Gasteiger partial charge is 0.178 e. The Morgan fingerprint density at radius 1 is 1.80 bits per heavy atom. The highest BCUT2D eigenvalue weighted by atomic mass is 32.1. The monoisotopic (exact) mass is 156 g/mol. The zero-order chi connectivity index (χ0) is 7.56. The van der Waals surface area contributed by atoms with Crippen molar-refractivity contribution >= 4 is 12.2 Å². The molecule has 0 spiro atoms. The molecule has 3 N–H and O–H groups in total. The zero-order valence-corrected chi connectivity index (χ0v) is 6.16. The van der Waals surface area contributed by atoms with Gasteiger partial charge in [0.2, 0.25) is 0 Å². The molecule has 0 bridgehead atoms. The van der Waals surface area contributed by atoms with Crippen molar-refractivity contribution in [3.8, 4) is 0 Å². The highest BCUT2D eigenvalue weighted by Gasteiger charge is 1.90. The van der Waals surface area contributed by atoms with Crippen LogP contribution in [0.1, 0.15) is 0 Å². The number of aromatic nitrogens is 3. The molecule has 5 heteroatoms. The van der Waals surface area contributed by atoms with Crippen LogP contribution in [0.2, 0.25) is 0 Å². The summed E-state index contributed by atoms with van der Waals surface area (Å²) in [6.45, 7) is 4.11. The number of allylic oxidation sites excluding steroid dienone is 1. The average Bonchev–Trinajstić information content (AvgIpc) is 2.20. The highest BCUT2D eigenvalue weighted by Crippen LogP contribution is 1.74. The molecule has 0 aliphatic carbocycles. The van der Waals surface area contributed by atoms with E-state index in [0.717, 1.165) is 0 Å². The number of H-pyrrole nitrogens is 2. The van der Waals surface area contributed by atoms with Gasteiger partial charge >= 0.3 is 0 Å². The van der Waals surface area contributed by atoms with E-state index >= 15 is 0 Å². The van der Waals surface area contributed by atoms with Gasteiger partial charge in [-0.2, -0.15) is 0 Å². The third-order valence-corrected chi connectivity index (χ3v) is 1.40. The van der Waals surface area contributed by atoms with Crippen molar-refractivity contribution in [1.29, 1.82) is 5.41 Å². The Morgan fingerprint density at radius 2 is 2.50 bits per heavy atom. The van der Waals surface area contributed by atoms with E-state index in [4.69, 9.17) is 17.6 Å². The maximum atomic E-state index is 7.33. The minimum atomic E-state index is 0.287. The average molecular weight is 156 g/mol. The van der Waals surface area contributed by atoms with Gasteiger partial charge in [-0.1, -0.05) is 18.3 Å². The van der Waals surface area contributed by atoms with E-state index in [2.05, 4.69) is 16.9 Å². The summed E-state index contributed by atoms with van der Waals surface area (Å²) in [4.78, 5) is 0. The molecule has 1 heterocycles. The van der Waals surface area contributed by atoms with Gasteiger partial charge in [0.05, 0.1) is 6.54 Å². The fraction of sp³-hybridized carbons (Fsp3) is 0.200. The SMILES string of the molecule is C=CCn1[nH][nH]c(=S)c1=N. The van der Waals surface area contributed by atoms with Crippen LogP contribution >= 0.6 is 12.2 Å². The lowest BCUT2D eigenvalue weighted by molar-refractivity contribution is 0.629. The van der Waals surface area contributed by atoms with Crippen molar-refractivity contribution in [3.63, 3.8) is 0 Å². The molecule has 1 aromatic heterocycles. The Hall–Kier alpha value is -1.10. The maximum Gasteiger partial charge on any atom is 0.178 e. The van der Waals surface area contributed by atoms with Crippen molar-refractivity contribution < 1.29 is 0 Å². The van der Waals surface area contributed by atoms with Crippen molar-refractivity contribution in [2.24, 2.45) is 0 Å². The molecule has 0 aliphatic rings. The first-order valence-electron chi connectivity index (χ1n) is 2.78. The van der Waals surface area contributed by atoms with Gasteiger partial charge in [0.25, 0.3) is 0 Å². The largest absolute Gasteiger partial charge is 0.281 e. The number of aromatic amines is 2. The number of rotatable bonds is 2. The minimum absolute atomic E-state index is 0.287. The highest BCUT2D eigenvalue weighted by molar-refractivity contribution is 7.71. The van der Waals surface area contributed by atoms with Gasteiger partial charge in [0, 0.05) is 0 Å². The quantitative estimate of drug-likeness (QED) is 0.425. The molecule has 0 fully saturated rings. The molecular weight excluding hydrogens is 148 g/mol. The third kappa shape index (κ3) is 1.08. The van der Waals surface area contributed by atoms with Gasteiger partial charge < -0.3 is 0 Å². The van der Waals surface area contributed by atoms with Gasteiger partial charge in [0.1, 0.15) is 0 Å².